The molecule has 0 aromatic rings. The number of nitrogens with zero attached hydrogens (tertiary/aromatic N) is 2. The van der Waals surface area contributed by atoms with Crippen LogP contribution in [0.3, 0.4) is 0 Å². The molecule has 2 aliphatic rings. The van der Waals surface area contributed by atoms with Gasteiger partial charge in [0.2, 0.25) is 0 Å². The third-order valence-electron chi connectivity index (χ3n) is 4.72. The molecule has 1 heterocycles. The molecule has 0 atom stereocenters. The monoisotopic (exact) mass is 335 g/mol. The number of carboxylic acid groups (broad SMARTS) is 1. The van der Waals surface area contributed by atoms with Crippen LogP contribution in [0.5, 0.6) is 0 Å². The van der Waals surface area contributed by atoms with Gasteiger partial charge in [-0.05, 0) is 39.8 Å². The van der Waals surface area contributed by atoms with E-state index >= 15 is 0 Å². The van der Waals surface area contributed by atoms with Crippen molar-refractivity contribution in [1.29, 1.82) is 0 Å². The summed E-state index contributed by atoms with van der Waals surface area (Å²) in [4.78, 5) is 10.6. The van der Waals surface area contributed by atoms with Crippen molar-refractivity contribution in [2.75, 3.05) is 33.7 Å². The van der Waals surface area contributed by atoms with Crippen LogP contribution >= 0.6 is 0 Å². The molecule has 22 heavy (non-hydrogen) atoms. The van der Waals surface area contributed by atoms with Crippen molar-refractivity contribution in [1.82, 2.24) is 13.9 Å². The summed E-state index contributed by atoms with van der Waals surface area (Å²) in [6, 6.07) is 0. The highest BCUT2D eigenvalue weighted by molar-refractivity contribution is 7.87. The van der Waals surface area contributed by atoms with Gasteiger partial charge in [0.15, 0.2) is 0 Å². The second-order valence-corrected chi connectivity index (χ2v) is 7.97. The largest absolute Gasteiger partial charge is 0.483 e. The van der Waals surface area contributed by atoms with Gasteiger partial charge in [-0.15, -0.1) is 0 Å². The molecule has 2 fully saturated rings. The average molecular weight is 335 g/mol. The normalized spacial score (nSPS) is 22.1. The predicted octanol–water partition coefficient (Wildman–Crippen LogP) is 0.882. The summed E-state index contributed by atoms with van der Waals surface area (Å²) in [5, 5.41) is 6.89. The minimum absolute atomic E-state index is 0.00500. The van der Waals surface area contributed by atoms with Crippen molar-refractivity contribution in [3.63, 3.8) is 0 Å². The van der Waals surface area contributed by atoms with Gasteiger partial charge in [0.25, 0.3) is 16.7 Å². The summed E-state index contributed by atoms with van der Waals surface area (Å²) < 4.78 is 28.9. The molecule has 1 aliphatic carbocycles. The Morgan fingerprint density at radius 2 is 1.64 bits per heavy atom. The second kappa shape index (κ2) is 8.81. The molecule has 8 heteroatoms. The highest BCUT2D eigenvalue weighted by Crippen LogP contribution is 2.31. The van der Waals surface area contributed by atoms with E-state index in [2.05, 4.69) is 23.7 Å². The van der Waals surface area contributed by atoms with Gasteiger partial charge in [0.1, 0.15) is 0 Å². The molecule has 0 amide bonds. The molecule has 0 aromatic carbocycles. The summed E-state index contributed by atoms with van der Waals surface area (Å²) in [5.41, 5.74) is 0.00500. The van der Waals surface area contributed by atoms with E-state index in [4.69, 9.17) is 9.90 Å². The molecule has 2 rings (SSSR count). The van der Waals surface area contributed by atoms with Crippen LogP contribution in [-0.4, -0.2) is 68.5 Å². The maximum Gasteiger partial charge on any atom is 0.290 e. The highest BCUT2D eigenvalue weighted by Gasteiger charge is 2.36. The molecule has 0 unspecified atom stereocenters. The zero-order chi connectivity index (χ0) is 16.6. The maximum absolute atomic E-state index is 12.2. The van der Waals surface area contributed by atoms with E-state index in [1.807, 2.05) is 0 Å². The van der Waals surface area contributed by atoms with E-state index in [-0.39, 0.29) is 12.0 Å². The Kier molecular flexibility index (Phi) is 7.75. The third-order valence-corrected chi connectivity index (χ3v) is 6.28. The Hall–Kier alpha value is -0.700. The molecule has 1 saturated carbocycles. The molecule has 0 radical (unpaired) electrons. The minimum Gasteiger partial charge on any atom is -0.483 e. The number of rotatable bonds is 5. The zero-order valence-corrected chi connectivity index (χ0v) is 14.4. The highest BCUT2D eigenvalue weighted by atomic mass is 32.2. The van der Waals surface area contributed by atoms with Gasteiger partial charge >= 0.3 is 0 Å². The van der Waals surface area contributed by atoms with Crippen LogP contribution < -0.4 is 4.72 Å². The first-order valence-corrected chi connectivity index (χ1v) is 9.32. The molecule has 1 aliphatic heterocycles. The fourth-order valence-corrected chi connectivity index (χ4v) is 4.61. The number of hydrogen-bond acceptors (Lipinski definition) is 4. The Labute approximate surface area is 133 Å². The third kappa shape index (κ3) is 5.19. The first-order valence-electron chi connectivity index (χ1n) is 7.88. The standard InChI is InChI=1S/C13H27N3O2S.CH2O2/c1-15(2)13(8-4-3-5-9-13)12-14-19(17,18)16-10-6-7-11-16;2-1-3/h14H,3-12H2,1-2H3;1H,(H,2,3). The number of carbonyl (C=O) groups is 1. The summed E-state index contributed by atoms with van der Waals surface area (Å²) in [6.07, 6.45) is 7.81. The van der Waals surface area contributed by atoms with E-state index in [0.29, 0.717) is 19.6 Å². The lowest BCUT2D eigenvalue weighted by molar-refractivity contribution is -0.122. The van der Waals surface area contributed by atoms with Crippen LogP contribution in [0.25, 0.3) is 0 Å². The van der Waals surface area contributed by atoms with Crippen molar-refractivity contribution >= 4 is 16.7 Å². The summed E-state index contributed by atoms with van der Waals surface area (Å²) in [6.45, 7) is 1.63. The van der Waals surface area contributed by atoms with Crippen LogP contribution in [-0.2, 0) is 15.0 Å². The molecule has 1 saturated heterocycles. The molecule has 0 aromatic heterocycles. The van der Waals surface area contributed by atoms with Crippen LogP contribution in [0, 0.1) is 0 Å². The molecule has 0 bridgehead atoms. The summed E-state index contributed by atoms with van der Waals surface area (Å²) in [7, 11) is 0.856. The minimum atomic E-state index is -3.27. The van der Waals surface area contributed by atoms with E-state index < -0.39 is 10.2 Å². The van der Waals surface area contributed by atoms with Crippen molar-refractivity contribution in [2.45, 2.75) is 50.5 Å². The summed E-state index contributed by atoms with van der Waals surface area (Å²) in [5.74, 6) is 0. The SMILES string of the molecule is CN(C)C1(CNS(=O)(=O)N2CCCC2)CCCCC1.O=CO. The van der Waals surface area contributed by atoms with Gasteiger partial charge in [-0.2, -0.15) is 12.7 Å². The fourth-order valence-electron chi connectivity index (χ4n) is 3.24. The smallest absolute Gasteiger partial charge is 0.290 e. The topological polar surface area (TPSA) is 90.0 Å². The molecule has 130 valence electrons. The zero-order valence-electron chi connectivity index (χ0n) is 13.6. The van der Waals surface area contributed by atoms with Gasteiger partial charge in [-0.3, -0.25) is 4.79 Å². The molecular formula is C14H29N3O4S. The van der Waals surface area contributed by atoms with Crippen LogP contribution in [0.15, 0.2) is 0 Å². The van der Waals surface area contributed by atoms with Gasteiger partial charge < -0.3 is 10.0 Å². The van der Waals surface area contributed by atoms with Crippen LogP contribution in [0.4, 0.5) is 0 Å². The average Bonchev–Trinajstić information content (AvgIpc) is 3.02. The molecule has 2 N–H and O–H groups in total. The van der Waals surface area contributed by atoms with Crippen molar-refractivity contribution in [2.24, 2.45) is 0 Å². The van der Waals surface area contributed by atoms with E-state index in [9.17, 15) is 8.42 Å². The Bertz CT molecular complexity index is 427. The predicted molar refractivity (Wildman–Crippen MR) is 85.9 cm³/mol. The first kappa shape index (κ1) is 19.3. The van der Waals surface area contributed by atoms with Gasteiger partial charge in [0.05, 0.1) is 0 Å². The maximum atomic E-state index is 12.2. The van der Waals surface area contributed by atoms with Gasteiger partial charge in [-0.25, -0.2) is 4.72 Å². The lowest BCUT2D eigenvalue weighted by atomic mass is 9.81. The second-order valence-electron chi connectivity index (χ2n) is 6.22. The van der Waals surface area contributed by atoms with E-state index in [0.717, 1.165) is 25.7 Å². The Balaban J connectivity index is 0.000000745. The van der Waals surface area contributed by atoms with E-state index in [1.165, 1.54) is 19.3 Å². The van der Waals surface area contributed by atoms with Crippen LogP contribution in [0.2, 0.25) is 0 Å². The van der Waals surface area contributed by atoms with Crippen molar-refractivity contribution < 1.29 is 18.3 Å². The molecule has 7 nitrogen and oxygen atoms in total. The lowest BCUT2D eigenvalue weighted by Crippen LogP contribution is -2.55. The van der Waals surface area contributed by atoms with Gasteiger partial charge in [0, 0.05) is 25.2 Å². The Morgan fingerprint density at radius 3 is 2.09 bits per heavy atom. The van der Waals surface area contributed by atoms with Gasteiger partial charge in [-0.1, -0.05) is 19.3 Å². The lowest BCUT2D eigenvalue weighted by Gasteiger charge is -2.43. The summed E-state index contributed by atoms with van der Waals surface area (Å²) >= 11 is 0. The molecular weight excluding hydrogens is 306 g/mol. The van der Waals surface area contributed by atoms with E-state index in [1.54, 1.807) is 4.31 Å². The number of likely N-dealkylation sites (N-methyl/N-ethyl adjacent to an activating group) is 1. The van der Waals surface area contributed by atoms with Crippen molar-refractivity contribution in [3.8, 4) is 0 Å². The molecule has 0 spiro atoms. The fraction of sp³-hybridized carbons (Fsp3) is 0.929. The quantitative estimate of drug-likeness (QED) is 0.728. The van der Waals surface area contributed by atoms with Crippen LogP contribution in [0.1, 0.15) is 44.9 Å². The number of hydrogen-bond donors (Lipinski definition) is 2. The first-order chi connectivity index (χ1) is 10.4. The number of nitrogens with one attached hydrogen (secondary N) is 1. The van der Waals surface area contributed by atoms with Crippen molar-refractivity contribution in [3.05, 3.63) is 0 Å². The Morgan fingerprint density at radius 1 is 1.14 bits per heavy atom.